The van der Waals surface area contributed by atoms with E-state index in [1.165, 1.54) is 0 Å². The number of rotatable bonds is 2. The Labute approximate surface area is 49.1 Å². The van der Waals surface area contributed by atoms with E-state index in [1.54, 1.807) is 0 Å². The summed E-state index contributed by atoms with van der Waals surface area (Å²) < 4.78 is 5.51. The van der Waals surface area contributed by atoms with Crippen molar-refractivity contribution in [1.82, 2.24) is 0 Å². The maximum atomic E-state index is 5.51. The molecule has 0 saturated carbocycles. The lowest BCUT2D eigenvalue weighted by Crippen LogP contribution is -2.26. The Balaban J connectivity index is 3.15. The average Bonchev–Trinajstić information content (AvgIpc) is 1.30. The predicted molar refractivity (Wildman–Crippen MR) is 38.8 cm³/mol. The molecular weight excluding hydrogens is 120 g/mol. The minimum absolute atomic E-state index is 0.128. The second-order valence-corrected chi connectivity index (χ2v) is 8.50. The number of hydrogen-bond acceptors (Lipinski definition) is 1. The molecule has 0 aliphatic heterocycles. The largest absolute Gasteiger partial charge is 0.461 e. The highest BCUT2D eigenvalue weighted by Crippen LogP contribution is 1.99. The van der Waals surface area contributed by atoms with Crippen molar-refractivity contribution in [3.63, 3.8) is 0 Å². The lowest BCUT2D eigenvalue weighted by molar-refractivity contribution is 0.603. The Morgan fingerprint density at radius 1 is 1.29 bits per heavy atom. The molecule has 44 valence electrons. The maximum Gasteiger partial charge on any atom is 0.169 e. The van der Waals surface area contributed by atoms with Gasteiger partial charge in [-0.25, -0.2) is 0 Å². The van der Waals surface area contributed by atoms with Crippen LogP contribution in [0.25, 0.3) is 0 Å². The predicted octanol–water partition coefficient (Wildman–Crippen LogP) is 0.970. The highest BCUT2D eigenvalue weighted by Gasteiger charge is 2.10. The highest BCUT2D eigenvalue weighted by molar-refractivity contribution is 6.73. The SMILES string of the molecule is C[SiH2]O[Si](C)(C)C. The molecule has 3 heteroatoms. The van der Waals surface area contributed by atoms with Gasteiger partial charge in [-0.1, -0.05) is 6.55 Å². The summed E-state index contributed by atoms with van der Waals surface area (Å²) >= 11 is 0. The molecule has 0 amide bonds. The molecule has 1 nitrogen and oxygen atoms in total. The normalized spacial score (nSPS) is 13.7. The van der Waals surface area contributed by atoms with Crippen LogP contribution in [0.15, 0.2) is 0 Å². The topological polar surface area (TPSA) is 9.23 Å². The smallest absolute Gasteiger partial charge is 0.169 e. The van der Waals surface area contributed by atoms with Crippen molar-refractivity contribution in [3.8, 4) is 0 Å². The van der Waals surface area contributed by atoms with E-state index in [0.29, 0.717) is 0 Å². The summed E-state index contributed by atoms with van der Waals surface area (Å²) in [5, 5.41) is 0. The third kappa shape index (κ3) is 6.39. The van der Waals surface area contributed by atoms with Crippen LogP contribution in [0.4, 0.5) is 0 Å². The molecule has 0 unspecified atom stereocenters. The molecule has 7 heavy (non-hydrogen) atoms. The van der Waals surface area contributed by atoms with Crippen molar-refractivity contribution in [1.29, 1.82) is 0 Å². The van der Waals surface area contributed by atoms with Gasteiger partial charge in [-0.2, -0.15) is 0 Å². The van der Waals surface area contributed by atoms with Crippen LogP contribution >= 0.6 is 0 Å². The summed E-state index contributed by atoms with van der Waals surface area (Å²) in [6, 6.07) is 0. The van der Waals surface area contributed by atoms with E-state index in [4.69, 9.17) is 4.12 Å². The molecule has 0 fully saturated rings. The van der Waals surface area contributed by atoms with Gasteiger partial charge in [0.1, 0.15) is 9.76 Å². The quantitative estimate of drug-likeness (QED) is 0.511. The monoisotopic (exact) mass is 134 g/mol. The highest BCUT2D eigenvalue weighted by atomic mass is 28.4. The molecule has 0 N–H and O–H groups in total. The Kier molecular flexibility index (Phi) is 2.79. The van der Waals surface area contributed by atoms with E-state index in [0.717, 1.165) is 0 Å². The van der Waals surface area contributed by atoms with E-state index in [2.05, 4.69) is 26.2 Å². The first-order valence-electron chi connectivity index (χ1n) is 2.70. The molecule has 0 aliphatic rings. The standard InChI is InChI=1S/C4H14OSi2/c1-6-5-7(2,3)4/h6H2,1-4H3. The molecule has 0 aromatic carbocycles. The summed E-state index contributed by atoms with van der Waals surface area (Å²) in [6.07, 6.45) is 0. The van der Waals surface area contributed by atoms with Crippen LogP contribution in [0.5, 0.6) is 0 Å². The molecule has 0 rings (SSSR count). The van der Waals surface area contributed by atoms with Gasteiger partial charge in [0.2, 0.25) is 0 Å². The van der Waals surface area contributed by atoms with Gasteiger partial charge >= 0.3 is 0 Å². The molecule has 0 aromatic heterocycles. The van der Waals surface area contributed by atoms with E-state index >= 15 is 0 Å². The molecule has 0 bridgehead atoms. The Morgan fingerprint density at radius 3 is 1.71 bits per heavy atom. The van der Waals surface area contributed by atoms with Gasteiger partial charge < -0.3 is 4.12 Å². The van der Waals surface area contributed by atoms with Gasteiger partial charge in [0.05, 0.1) is 0 Å². The Hall–Kier alpha value is 0.394. The van der Waals surface area contributed by atoms with Crippen molar-refractivity contribution in [2.75, 3.05) is 0 Å². The fraction of sp³-hybridized carbons (Fsp3) is 1.00. The van der Waals surface area contributed by atoms with E-state index in [1.807, 2.05) is 0 Å². The van der Waals surface area contributed by atoms with Crippen molar-refractivity contribution in [2.45, 2.75) is 26.2 Å². The second kappa shape index (κ2) is 2.64. The first kappa shape index (κ1) is 7.39. The molecule has 0 aliphatic carbocycles. The molecule has 0 aromatic rings. The van der Waals surface area contributed by atoms with Crippen LogP contribution in [0.1, 0.15) is 0 Å². The third-order valence-electron chi connectivity index (χ3n) is 0.577. The molecule has 0 radical (unpaired) electrons. The Bertz CT molecular complexity index is 48.1. The van der Waals surface area contributed by atoms with Crippen LogP contribution in [0.2, 0.25) is 26.2 Å². The first-order valence-corrected chi connectivity index (χ1v) is 8.10. The molecule has 0 atom stereocenters. The van der Waals surface area contributed by atoms with Crippen molar-refractivity contribution >= 4 is 18.1 Å². The Morgan fingerprint density at radius 2 is 1.71 bits per heavy atom. The zero-order chi connectivity index (χ0) is 5.91. The zero-order valence-corrected chi connectivity index (χ0v) is 8.03. The van der Waals surface area contributed by atoms with Crippen molar-refractivity contribution < 1.29 is 4.12 Å². The molecule has 0 saturated heterocycles. The summed E-state index contributed by atoms with van der Waals surface area (Å²) in [7, 11) is -1.22. The van der Waals surface area contributed by atoms with Crippen LogP contribution in [0.3, 0.4) is 0 Å². The minimum atomic E-state index is -1.10. The van der Waals surface area contributed by atoms with Gasteiger partial charge in [-0.05, 0) is 19.6 Å². The number of hydrogen-bond donors (Lipinski definition) is 0. The van der Waals surface area contributed by atoms with Crippen molar-refractivity contribution in [3.05, 3.63) is 0 Å². The van der Waals surface area contributed by atoms with E-state index in [9.17, 15) is 0 Å². The van der Waals surface area contributed by atoms with Crippen LogP contribution < -0.4 is 0 Å². The van der Waals surface area contributed by atoms with E-state index in [-0.39, 0.29) is 9.76 Å². The first-order chi connectivity index (χ1) is 3.06. The average molecular weight is 134 g/mol. The van der Waals surface area contributed by atoms with Gasteiger partial charge in [0.15, 0.2) is 8.32 Å². The second-order valence-electron chi connectivity index (χ2n) is 2.55. The zero-order valence-electron chi connectivity index (χ0n) is 5.62. The van der Waals surface area contributed by atoms with Gasteiger partial charge in [0.25, 0.3) is 0 Å². The molecular formula is C4H14OSi2. The minimum Gasteiger partial charge on any atom is -0.461 e. The fourth-order valence-corrected chi connectivity index (χ4v) is 3.90. The van der Waals surface area contributed by atoms with Gasteiger partial charge in [0, 0.05) is 0 Å². The fourth-order valence-electron chi connectivity index (χ4n) is 0.433. The van der Waals surface area contributed by atoms with Crippen LogP contribution in [0, 0.1) is 0 Å². The summed E-state index contributed by atoms with van der Waals surface area (Å²) in [5.74, 6) is 0. The lowest BCUT2D eigenvalue weighted by Gasteiger charge is -2.14. The van der Waals surface area contributed by atoms with Crippen molar-refractivity contribution in [2.24, 2.45) is 0 Å². The van der Waals surface area contributed by atoms with Gasteiger partial charge in [-0.15, -0.1) is 0 Å². The maximum absolute atomic E-state index is 5.51. The molecule has 0 heterocycles. The summed E-state index contributed by atoms with van der Waals surface area (Å²) in [5.41, 5.74) is 0. The molecule has 0 spiro atoms. The lowest BCUT2D eigenvalue weighted by atomic mass is 11.8. The third-order valence-corrected chi connectivity index (χ3v) is 5.20. The van der Waals surface area contributed by atoms with Crippen LogP contribution in [-0.4, -0.2) is 18.1 Å². The van der Waals surface area contributed by atoms with E-state index < -0.39 is 8.32 Å². The summed E-state index contributed by atoms with van der Waals surface area (Å²) in [4.78, 5) is 0. The van der Waals surface area contributed by atoms with Crippen LogP contribution in [-0.2, 0) is 4.12 Å². The summed E-state index contributed by atoms with van der Waals surface area (Å²) in [6.45, 7) is 8.86. The van der Waals surface area contributed by atoms with Gasteiger partial charge in [-0.3, -0.25) is 0 Å².